The van der Waals surface area contributed by atoms with E-state index in [4.69, 9.17) is 0 Å². The molecule has 116 valence electrons. The fraction of sp³-hybridized carbons (Fsp3) is 0.562. The van der Waals surface area contributed by atoms with E-state index >= 15 is 0 Å². The van der Waals surface area contributed by atoms with E-state index in [0.29, 0.717) is 38.3 Å². The SMILES string of the molecule is CCCCC(C(=O)O)N1CCN(c2ccccc2F)CC1. The van der Waals surface area contributed by atoms with Crippen LogP contribution in [0.1, 0.15) is 26.2 Å². The number of unbranched alkanes of at least 4 members (excludes halogenated alkanes) is 1. The predicted octanol–water partition coefficient (Wildman–Crippen LogP) is 2.59. The van der Waals surface area contributed by atoms with Crippen LogP contribution in [-0.4, -0.2) is 48.2 Å². The minimum Gasteiger partial charge on any atom is -0.480 e. The standard InChI is InChI=1S/C16H23FN2O2/c1-2-3-7-15(16(20)21)19-11-9-18(10-12-19)14-8-5-4-6-13(14)17/h4-6,8,15H,2-3,7,9-12H2,1H3,(H,20,21). The summed E-state index contributed by atoms with van der Waals surface area (Å²) in [6.07, 6.45) is 2.61. The zero-order valence-electron chi connectivity index (χ0n) is 12.5. The lowest BCUT2D eigenvalue weighted by atomic mass is 10.1. The van der Waals surface area contributed by atoms with Crippen LogP contribution in [0.15, 0.2) is 24.3 Å². The summed E-state index contributed by atoms with van der Waals surface area (Å²) in [5.41, 5.74) is 0.609. The monoisotopic (exact) mass is 294 g/mol. The van der Waals surface area contributed by atoms with Gasteiger partial charge in [0.05, 0.1) is 5.69 Å². The molecule has 1 aromatic carbocycles. The van der Waals surface area contributed by atoms with Crippen molar-refractivity contribution in [2.24, 2.45) is 0 Å². The first-order chi connectivity index (χ1) is 10.1. The van der Waals surface area contributed by atoms with Crippen LogP contribution in [0, 0.1) is 5.82 Å². The van der Waals surface area contributed by atoms with Gasteiger partial charge >= 0.3 is 5.97 Å². The average Bonchev–Trinajstić information content (AvgIpc) is 2.49. The number of carboxylic acid groups (broad SMARTS) is 1. The Balaban J connectivity index is 1.96. The number of halogens is 1. The van der Waals surface area contributed by atoms with Gasteiger partial charge in [-0.2, -0.15) is 0 Å². The van der Waals surface area contributed by atoms with Crippen LogP contribution in [0.25, 0.3) is 0 Å². The van der Waals surface area contributed by atoms with E-state index in [1.54, 1.807) is 12.1 Å². The van der Waals surface area contributed by atoms with Gasteiger partial charge in [-0.05, 0) is 18.6 Å². The third-order valence-corrected chi connectivity index (χ3v) is 4.06. The highest BCUT2D eigenvalue weighted by molar-refractivity contribution is 5.73. The van der Waals surface area contributed by atoms with Crippen molar-refractivity contribution in [1.82, 2.24) is 4.90 Å². The minimum absolute atomic E-state index is 0.216. The molecule has 0 spiro atoms. The number of benzene rings is 1. The molecule has 1 aliphatic heterocycles. The maximum atomic E-state index is 13.8. The maximum absolute atomic E-state index is 13.8. The molecule has 0 bridgehead atoms. The number of nitrogens with zero attached hydrogens (tertiary/aromatic N) is 2. The fourth-order valence-electron chi connectivity index (χ4n) is 2.84. The lowest BCUT2D eigenvalue weighted by molar-refractivity contribution is -0.143. The number of carbonyl (C=O) groups is 1. The topological polar surface area (TPSA) is 43.8 Å². The Kier molecular flexibility index (Phi) is 5.56. The van der Waals surface area contributed by atoms with Gasteiger partial charge in [0, 0.05) is 26.2 Å². The molecule has 5 heteroatoms. The Morgan fingerprint density at radius 2 is 1.95 bits per heavy atom. The quantitative estimate of drug-likeness (QED) is 0.876. The third kappa shape index (κ3) is 3.94. The summed E-state index contributed by atoms with van der Waals surface area (Å²) in [5, 5.41) is 9.36. The molecule has 1 unspecified atom stereocenters. The van der Waals surface area contributed by atoms with Gasteiger partial charge in [0.2, 0.25) is 0 Å². The molecular weight excluding hydrogens is 271 g/mol. The zero-order chi connectivity index (χ0) is 15.2. The molecule has 1 saturated heterocycles. The Morgan fingerprint density at radius 3 is 2.52 bits per heavy atom. The van der Waals surface area contributed by atoms with Gasteiger partial charge in [0.15, 0.2) is 0 Å². The molecule has 0 amide bonds. The number of para-hydroxylation sites is 1. The van der Waals surface area contributed by atoms with Crippen molar-refractivity contribution in [1.29, 1.82) is 0 Å². The first-order valence-corrected chi connectivity index (χ1v) is 7.59. The summed E-state index contributed by atoms with van der Waals surface area (Å²) < 4.78 is 13.8. The molecule has 1 heterocycles. The molecule has 0 aliphatic carbocycles. The smallest absolute Gasteiger partial charge is 0.320 e. The summed E-state index contributed by atoms with van der Waals surface area (Å²) >= 11 is 0. The summed E-state index contributed by atoms with van der Waals surface area (Å²) in [7, 11) is 0. The number of anilines is 1. The van der Waals surface area contributed by atoms with Crippen LogP contribution in [0.4, 0.5) is 10.1 Å². The molecule has 1 fully saturated rings. The molecule has 0 saturated carbocycles. The molecular formula is C16H23FN2O2. The van der Waals surface area contributed by atoms with Gasteiger partial charge in [-0.15, -0.1) is 0 Å². The molecule has 1 N–H and O–H groups in total. The van der Waals surface area contributed by atoms with E-state index in [1.165, 1.54) is 6.07 Å². The number of hydrogen-bond acceptors (Lipinski definition) is 3. The van der Waals surface area contributed by atoms with Gasteiger partial charge < -0.3 is 10.0 Å². The van der Waals surface area contributed by atoms with Gasteiger partial charge in [0.25, 0.3) is 0 Å². The normalized spacial score (nSPS) is 17.7. The minimum atomic E-state index is -0.747. The Hall–Kier alpha value is -1.62. The number of piperazine rings is 1. The molecule has 1 aromatic rings. The molecule has 21 heavy (non-hydrogen) atoms. The first kappa shape index (κ1) is 15.8. The molecule has 2 rings (SSSR count). The highest BCUT2D eigenvalue weighted by Gasteiger charge is 2.28. The van der Waals surface area contributed by atoms with Crippen LogP contribution in [0.5, 0.6) is 0 Å². The van der Waals surface area contributed by atoms with Crippen LogP contribution >= 0.6 is 0 Å². The van der Waals surface area contributed by atoms with Crippen LogP contribution in [-0.2, 0) is 4.79 Å². The van der Waals surface area contributed by atoms with Crippen molar-refractivity contribution in [3.63, 3.8) is 0 Å². The third-order valence-electron chi connectivity index (χ3n) is 4.06. The molecule has 0 radical (unpaired) electrons. The average molecular weight is 294 g/mol. The van der Waals surface area contributed by atoms with E-state index in [-0.39, 0.29) is 5.82 Å². The van der Waals surface area contributed by atoms with Crippen molar-refractivity contribution >= 4 is 11.7 Å². The van der Waals surface area contributed by atoms with Crippen LogP contribution in [0.2, 0.25) is 0 Å². The fourth-order valence-corrected chi connectivity index (χ4v) is 2.84. The lowest BCUT2D eigenvalue weighted by Gasteiger charge is -2.38. The van der Waals surface area contributed by atoms with Crippen molar-refractivity contribution < 1.29 is 14.3 Å². The van der Waals surface area contributed by atoms with E-state index in [1.807, 2.05) is 15.9 Å². The van der Waals surface area contributed by atoms with Gasteiger partial charge in [0.1, 0.15) is 11.9 Å². The van der Waals surface area contributed by atoms with Crippen molar-refractivity contribution in [3.05, 3.63) is 30.1 Å². The maximum Gasteiger partial charge on any atom is 0.320 e. The number of carboxylic acids is 1. The number of hydrogen-bond donors (Lipinski definition) is 1. The van der Waals surface area contributed by atoms with Gasteiger partial charge in [-0.25, -0.2) is 4.39 Å². The van der Waals surface area contributed by atoms with Crippen molar-refractivity contribution in [2.75, 3.05) is 31.1 Å². The summed E-state index contributed by atoms with van der Waals surface area (Å²) in [6.45, 7) is 4.72. The van der Waals surface area contributed by atoms with Crippen molar-refractivity contribution in [3.8, 4) is 0 Å². The number of rotatable bonds is 6. The molecule has 1 aliphatic rings. The highest BCUT2D eigenvalue weighted by atomic mass is 19.1. The first-order valence-electron chi connectivity index (χ1n) is 7.59. The highest BCUT2D eigenvalue weighted by Crippen LogP contribution is 2.21. The molecule has 1 atom stereocenters. The largest absolute Gasteiger partial charge is 0.480 e. The predicted molar refractivity (Wildman–Crippen MR) is 81.1 cm³/mol. The van der Waals surface area contributed by atoms with E-state index in [0.717, 1.165) is 12.8 Å². The second-order valence-electron chi connectivity index (χ2n) is 5.47. The van der Waals surface area contributed by atoms with Gasteiger partial charge in [-0.3, -0.25) is 9.69 Å². The summed E-state index contributed by atoms with van der Waals surface area (Å²) in [5.74, 6) is -0.963. The summed E-state index contributed by atoms with van der Waals surface area (Å²) in [6, 6.07) is 6.33. The molecule has 4 nitrogen and oxygen atoms in total. The van der Waals surface area contributed by atoms with Crippen molar-refractivity contribution in [2.45, 2.75) is 32.2 Å². The second kappa shape index (κ2) is 7.41. The Morgan fingerprint density at radius 1 is 1.29 bits per heavy atom. The number of aliphatic carboxylic acids is 1. The Bertz CT molecular complexity index is 473. The Labute approximate surface area is 125 Å². The van der Waals surface area contributed by atoms with Gasteiger partial charge in [-0.1, -0.05) is 31.9 Å². The lowest BCUT2D eigenvalue weighted by Crippen LogP contribution is -2.52. The van der Waals surface area contributed by atoms with Crippen LogP contribution < -0.4 is 4.90 Å². The zero-order valence-corrected chi connectivity index (χ0v) is 12.5. The van der Waals surface area contributed by atoms with E-state index in [2.05, 4.69) is 6.92 Å². The van der Waals surface area contributed by atoms with Crippen LogP contribution in [0.3, 0.4) is 0 Å². The molecule has 0 aromatic heterocycles. The summed E-state index contributed by atoms with van der Waals surface area (Å²) in [4.78, 5) is 15.4. The van der Waals surface area contributed by atoms with E-state index < -0.39 is 12.0 Å². The second-order valence-corrected chi connectivity index (χ2v) is 5.47. The van der Waals surface area contributed by atoms with E-state index in [9.17, 15) is 14.3 Å².